The van der Waals surface area contributed by atoms with Gasteiger partial charge in [0.2, 0.25) is 0 Å². The average Bonchev–Trinajstić information content (AvgIpc) is 1.98. The Morgan fingerprint density at radius 3 is 2.20 bits per heavy atom. The maximum absolute atomic E-state index is 8.87. The highest BCUT2D eigenvalue weighted by Gasteiger charge is 2.13. The molecular formula is C6H13O4. The highest BCUT2D eigenvalue weighted by Crippen LogP contribution is 1.99. The molecule has 0 bridgehead atoms. The summed E-state index contributed by atoms with van der Waals surface area (Å²) in [6, 6.07) is 0. The zero-order chi connectivity index (χ0) is 7.98. The summed E-state index contributed by atoms with van der Waals surface area (Å²) >= 11 is 0. The zero-order valence-electron chi connectivity index (χ0n) is 5.64. The number of hydrogen-bond donors (Lipinski definition) is 4. The molecule has 0 aliphatic carbocycles. The van der Waals surface area contributed by atoms with Gasteiger partial charge in [-0.1, -0.05) is 0 Å². The predicted octanol–water partition coefficient (Wildman–Crippen LogP) is -1.71. The summed E-state index contributed by atoms with van der Waals surface area (Å²) in [5.41, 5.74) is 0. The molecule has 10 heavy (non-hydrogen) atoms. The van der Waals surface area contributed by atoms with Crippen LogP contribution in [-0.2, 0) is 0 Å². The first kappa shape index (κ1) is 9.84. The molecular weight excluding hydrogens is 136 g/mol. The van der Waals surface area contributed by atoms with Crippen LogP contribution in [0.15, 0.2) is 0 Å². The van der Waals surface area contributed by atoms with Crippen molar-refractivity contribution in [2.45, 2.75) is 18.6 Å². The van der Waals surface area contributed by atoms with Crippen LogP contribution in [0.4, 0.5) is 0 Å². The van der Waals surface area contributed by atoms with Gasteiger partial charge in [-0.05, 0) is 12.8 Å². The summed E-state index contributed by atoms with van der Waals surface area (Å²) in [6.07, 6.45) is -0.511. The van der Waals surface area contributed by atoms with Crippen molar-refractivity contribution < 1.29 is 20.4 Å². The largest absolute Gasteiger partial charge is 0.396 e. The van der Waals surface area contributed by atoms with Crippen LogP contribution in [0.2, 0.25) is 0 Å². The molecule has 2 unspecified atom stereocenters. The van der Waals surface area contributed by atoms with Crippen molar-refractivity contribution in [2.24, 2.45) is 0 Å². The van der Waals surface area contributed by atoms with Crippen molar-refractivity contribution >= 4 is 0 Å². The molecule has 0 aromatic carbocycles. The first-order chi connectivity index (χ1) is 4.72. The van der Waals surface area contributed by atoms with Crippen LogP contribution in [0.3, 0.4) is 0 Å². The van der Waals surface area contributed by atoms with E-state index in [1.54, 1.807) is 0 Å². The third-order valence-electron chi connectivity index (χ3n) is 1.12. The summed E-state index contributed by atoms with van der Waals surface area (Å²) in [5, 5.41) is 34.2. The van der Waals surface area contributed by atoms with Crippen molar-refractivity contribution in [3.8, 4) is 0 Å². The van der Waals surface area contributed by atoms with Crippen molar-refractivity contribution in [1.82, 2.24) is 0 Å². The van der Waals surface area contributed by atoms with E-state index >= 15 is 0 Å². The van der Waals surface area contributed by atoms with E-state index in [9.17, 15) is 0 Å². The van der Waals surface area contributed by atoms with Gasteiger partial charge in [-0.15, -0.1) is 0 Å². The molecule has 0 spiro atoms. The van der Waals surface area contributed by atoms with Gasteiger partial charge in [0, 0.05) is 6.61 Å². The number of hydrogen-bond acceptors (Lipinski definition) is 4. The van der Waals surface area contributed by atoms with E-state index in [2.05, 4.69) is 0 Å². The smallest absolute Gasteiger partial charge is 0.103 e. The molecule has 4 heteroatoms. The van der Waals surface area contributed by atoms with Gasteiger partial charge >= 0.3 is 0 Å². The Balaban J connectivity index is 3.31. The van der Waals surface area contributed by atoms with E-state index in [-0.39, 0.29) is 6.61 Å². The van der Waals surface area contributed by atoms with Crippen molar-refractivity contribution in [1.29, 1.82) is 0 Å². The Labute approximate surface area is 59.7 Å². The van der Waals surface area contributed by atoms with Gasteiger partial charge in [-0.2, -0.15) is 0 Å². The highest BCUT2D eigenvalue weighted by atomic mass is 16.4. The molecule has 0 saturated carbocycles. The third-order valence-corrected chi connectivity index (χ3v) is 1.12. The van der Waals surface area contributed by atoms with Gasteiger partial charge in [-0.25, -0.2) is 0 Å². The maximum Gasteiger partial charge on any atom is 0.103 e. The summed E-state index contributed by atoms with van der Waals surface area (Å²) in [6.45, 7) is -0.529. The predicted molar refractivity (Wildman–Crippen MR) is 35.1 cm³/mol. The molecule has 0 amide bonds. The molecule has 0 fully saturated rings. The summed E-state index contributed by atoms with van der Waals surface area (Å²) in [5.74, 6) is 0. The third kappa shape index (κ3) is 3.79. The van der Waals surface area contributed by atoms with Crippen LogP contribution < -0.4 is 0 Å². The fourth-order valence-corrected chi connectivity index (χ4v) is 0.510. The van der Waals surface area contributed by atoms with Crippen molar-refractivity contribution in [2.75, 3.05) is 13.2 Å². The van der Waals surface area contributed by atoms with E-state index in [4.69, 9.17) is 20.4 Å². The van der Waals surface area contributed by atoms with Gasteiger partial charge in [0.25, 0.3) is 0 Å². The van der Waals surface area contributed by atoms with Gasteiger partial charge in [-0.3, -0.25) is 0 Å². The Morgan fingerprint density at radius 1 is 1.20 bits per heavy atom. The van der Waals surface area contributed by atoms with Crippen molar-refractivity contribution in [3.05, 3.63) is 6.42 Å². The quantitative estimate of drug-likeness (QED) is 0.375. The van der Waals surface area contributed by atoms with Crippen LogP contribution in [0, 0.1) is 6.42 Å². The van der Waals surface area contributed by atoms with Crippen molar-refractivity contribution in [3.63, 3.8) is 0 Å². The molecule has 4 N–H and O–H groups in total. The molecule has 0 heterocycles. The fourth-order valence-electron chi connectivity index (χ4n) is 0.510. The average molecular weight is 149 g/mol. The van der Waals surface area contributed by atoms with Gasteiger partial charge < -0.3 is 20.4 Å². The molecule has 0 rings (SSSR count). The molecule has 2 atom stereocenters. The van der Waals surface area contributed by atoms with Gasteiger partial charge in [0.1, 0.15) is 6.10 Å². The Bertz CT molecular complexity index is 76.1. The highest BCUT2D eigenvalue weighted by molar-refractivity contribution is 4.80. The lowest BCUT2D eigenvalue weighted by Gasteiger charge is -2.13. The van der Waals surface area contributed by atoms with Crippen LogP contribution in [0.1, 0.15) is 6.42 Å². The fraction of sp³-hybridized carbons (Fsp3) is 0.833. The lowest BCUT2D eigenvalue weighted by molar-refractivity contribution is -0.000129. The Hall–Kier alpha value is -0.160. The molecule has 0 aromatic heterocycles. The van der Waals surface area contributed by atoms with E-state index in [0.717, 1.165) is 0 Å². The number of aliphatic hydroxyl groups is 4. The monoisotopic (exact) mass is 149 g/mol. The molecule has 0 aliphatic rings. The van der Waals surface area contributed by atoms with Crippen LogP contribution in [-0.4, -0.2) is 45.8 Å². The minimum absolute atomic E-state index is 0.0603. The van der Waals surface area contributed by atoms with E-state index in [1.165, 1.54) is 6.42 Å². The summed E-state index contributed by atoms with van der Waals surface area (Å²) in [7, 11) is 0. The molecule has 4 nitrogen and oxygen atoms in total. The second kappa shape index (κ2) is 5.61. The van der Waals surface area contributed by atoms with Crippen LogP contribution in [0.5, 0.6) is 0 Å². The van der Waals surface area contributed by atoms with Crippen LogP contribution >= 0.6 is 0 Å². The number of rotatable bonds is 5. The first-order valence-corrected chi connectivity index (χ1v) is 3.13. The molecule has 1 radical (unpaired) electrons. The topological polar surface area (TPSA) is 80.9 Å². The molecule has 0 saturated heterocycles. The van der Waals surface area contributed by atoms with Gasteiger partial charge in [0.05, 0.1) is 12.7 Å². The molecule has 61 valence electrons. The van der Waals surface area contributed by atoms with Crippen LogP contribution in [0.25, 0.3) is 0 Å². The standard InChI is InChI=1S/C6H13O4/c7-3-1-2-5(9)6(10)4-8/h2,5-10H,1,3-4H2. The van der Waals surface area contributed by atoms with E-state index < -0.39 is 18.8 Å². The summed E-state index contributed by atoms with van der Waals surface area (Å²) < 4.78 is 0. The minimum Gasteiger partial charge on any atom is -0.396 e. The Kier molecular flexibility index (Phi) is 5.52. The lowest BCUT2D eigenvalue weighted by Crippen LogP contribution is -2.29. The SMILES string of the molecule is OCC[CH]C(O)C(O)CO. The van der Waals surface area contributed by atoms with E-state index in [0.29, 0.717) is 6.42 Å². The normalized spacial score (nSPS) is 16.8. The van der Waals surface area contributed by atoms with E-state index in [1.807, 2.05) is 0 Å². The zero-order valence-corrected chi connectivity index (χ0v) is 5.64. The first-order valence-electron chi connectivity index (χ1n) is 3.13. The lowest BCUT2D eigenvalue weighted by atomic mass is 10.1. The maximum atomic E-state index is 8.87. The second-order valence-corrected chi connectivity index (χ2v) is 1.99. The Morgan fingerprint density at radius 2 is 1.80 bits per heavy atom. The minimum atomic E-state index is -1.13. The number of aliphatic hydroxyl groups excluding tert-OH is 4. The molecule has 0 aliphatic heterocycles. The molecule has 0 aromatic rings. The second-order valence-electron chi connectivity index (χ2n) is 1.99. The summed E-state index contributed by atoms with van der Waals surface area (Å²) in [4.78, 5) is 0. The van der Waals surface area contributed by atoms with Gasteiger partial charge in [0.15, 0.2) is 0 Å².